The van der Waals surface area contributed by atoms with Gasteiger partial charge in [0.1, 0.15) is 16.2 Å². The predicted octanol–water partition coefficient (Wildman–Crippen LogP) is 12.8. The van der Waals surface area contributed by atoms with E-state index < -0.39 is 0 Å². The van der Waals surface area contributed by atoms with Crippen LogP contribution in [-0.2, 0) is 5.41 Å². The molecule has 0 bridgehead atoms. The van der Waals surface area contributed by atoms with Crippen molar-refractivity contribution >= 4 is 71.3 Å². The first-order valence-corrected chi connectivity index (χ1v) is 17.2. The summed E-state index contributed by atoms with van der Waals surface area (Å²) in [5.74, 6) is 0. The van der Waals surface area contributed by atoms with Crippen molar-refractivity contribution in [2.24, 2.45) is 0 Å². The van der Waals surface area contributed by atoms with Crippen LogP contribution in [0.5, 0.6) is 0 Å². The minimum absolute atomic E-state index is 0.0309. The maximum absolute atomic E-state index is 6.63. The van der Waals surface area contributed by atoms with E-state index in [4.69, 9.17) is 9.40 Å². The Balaban J connectivity index is 1.13. The maximum atomic E-state index is 6.63. The van der Waals surface area contributed by atoms with Crippen molar-refractivity contribution in [1.29, 1.82) is 0 Å². The molecule has 4 heteroatoms. The van der Waals surface area contributed by atoms with Crippen molar-refractivity contribution in [1.82, 2.24) is 4.98 Å². The van der Waals surface area contributed by atoms with Crippen LogP contribution < -0.4 is 4.90 Å². The van der Waals surface area contributed by atoms with Crippen molar-refractivity contribution in [3.63, 3.8) is 0 Å². The van der Waals surface area contributed by atoms with E-state index in [1.165, 1.54) is 22.3 Å². The Labute approximate surface area is 282 Å². The smallest absolute Gasteiger partial charge is 0.143 e. The summed E-state index contributed by atoms with van der Waals surface area (Å²) in [5.41, 5.74) is 12.7. The lowest BCUT2D eigenvalue weighted by Crippen LogP contribution is -2.15. The normalized spacial score (nSPS) is 13.4. The molecule has 0 aliphatic heterocycles. The second kappa shape index (κ2) is 10.1. The fraction of sp³-hybridized carbons (Fsp3) is 0.0682. The van der Waals surface area contributed by atoms with Gasteiger partial charge in [-0.2, -0.15) is 0 Å². The third-order valence-electron chi connectivity index (χ3n) is 10.1. The monoisotopic (exact) mass is 634 g/mol. The molecule has 0 atom stereocenters. The molecular weight excluding hydrogens is 605 g/mol. The van der Waals surface area contributed by atoms with E-state index in [0.29, 0.717) is 0 Å². The lowest BCUT2D eigenvalue weighted by atomic mass is 9.82. The van der Waals surface area contributed by atoms with Gasteiger partial charge in [0.05, 0.1) is 10.2 Å². The second-order valence-electron chi connectivity index (χ2n) is 13.2. The van der Waals surface area contributed by atoms with Gasteiger partial charge in [-0.3, -0.25) is 0 Å². The molecule has 3 nitrogen and oxygen atoms in total. The highest BCUT2D eigenvalue weighted by molar-refractivity contribution is 7.22. The van der Waals surface area contributed by atoms with E-state index >= 15 is 0 Å². The van der Waals surface area contributed by atoms with Gasteiger partial charge in [0.2, 0.25) is 0 Å². The summed E-state index contributed by atoms with van der Waals surface area (Å²) in [4.78, 5) is 7.35. The molecular formula is C44H30N2OS. The van der Waals surface area contributed by atoms with E-state index in [-0.39, 0.29) is 5.41 Å². The van der Waals surface area contributed by atoms with Gasteiger partial charge in [-0.05, 0) is 88.3 Å². The van der Waals surface area contributed by atoms with Gasteiger partial charge >= 0.3 is 0 Å². The number of hydrogen-bond acceptors (Lipinski definition) is 4. The molecule has 0 unspecified atom stereocenters. The van der Waals surface area contributed by atoms with Crippen molar-refractivity contribution in [3.8, 4) is 21.7 Å². The third kappa shape index (κ3) is 3.96. The molecule has 10 rings (SSSR count). The number of thiazole rings is 1. The Bertz CT molecular complexity index is 2700. The van der Waals surface area contributed by atoms with Gasteiger partial charge in [-0.25, -0.2) is 4.98 Å². The van der Waals surface area contributed by atoms with Crippen LogP contribution >= 0.6 is 11.3 Å². The molecule has 0 amide bonds. The summed E-state index contributed by atoms with van der Waals surface area (Å²) >= 11 is 1.73. The minimum atomic E-state index is -0.0309. The van der Waals surface area contributed by atoms with E-state index in [9.17, 15) is 0 Å². The first kappa shape index (κ1) is 27.4. The molecule has 7 aromatic carbocycles. The fourth-order valence-corrected chi connectivity index (χ4v) is 8.86. The molecule has 1 aliphatic rings. The molecule has 0 N–H and O–H groups in total. The van der Waals surface area contributed by atoms with Crippen molar-refractivity contribution in [2.45, 2.75) is 19.3 Å². The van der Waals surface area contributed by atoms with Gasteiger partial charge in [-0.15, -0.1) is 11.3 Å². The number of nitrogens with zero attached hydrogens (tertiary/aromatic N) is 2. The lowest BCUT2D eigenvalue weighted by molar-refractivity contribution is 0.660. The number of para-hydroxylation sites is 1. The molecule has 48 heavy (non-hydrogen) atoms. The lowest BCUT2D eigenvalue weighted by Gasteiger charge is -2.27. The summed E-state index contributed by atoms with van der Waals surface area (Å²) in [6, 6.07) is 52.2. The van der Waals surface area contributed by atoms with Gasteiger partial charge in [0, 0.05) is 44.2 Å². The van der Waals surface area contributed by atoms with E-state index in [0.717, 1.165) is 70.6 Å². The molecule has 0 fully saturated rings. The van der Waals surface area contributed by atoms with Gasteiger partial charge in [0.15, 0.2) is 0 Å². The molecule has 2 heterocycles. The van der Waals surface area contributed by atoms with Crippen molar-refractivity contribution in [2.75, 3.05) is 4.90 Å². The standard InChI is InChI=1S/C44H30N2OS/c1-44(2)36-16-10-9-15-33(36)35-26-31(19-22-37(35)44)46(29-13-7-4-8-14-29)30-18-21-32-28(25-30)17-20-34-40-39(47-41(32)34)24-23-38-42(40)48-43(45-38)27-11-5-3-6-12-27/h3-26H,1-2H3. The van der Waals surface area contributed by atoms with Crippen LogP contribution in [0, 0.1) is 0 Å². The fourth-order valence-electron chi connectivity index (χ4n) is 7.73. The van der Waals surface area contributed by atoms with Crippen LogP contribution in [0.3, 0.4) is 0 Å². The first-order valence-electron chi connectivity index (χ1n) is 16.4. The highest BCUT2D eigenvalue weighted by Crippen LogP contribution is 2.51. The number of furan rings is 1. The Morgan fingerprint density at radius 2 is 1.31 bits per heavy atom. The van der Waals surface area contributed by atoms with Crippen LogP contribution in [0.1, 0.15) is 25.0 Å². The summed E-state index contributed by atoms with van der Waals surface area (Å²) in [5, 5.41) is 5.53. The van der Waals surface area contributed by atoms with Crippen molar-refractivity contribution in [3.05, 3.63) is 157 Å². The predicted molar refractivity (Wildman–Crippen MR) is 202 cm³/mol. The van der Waals surface area contributed by atoms with Crippen LogP contribution in [-0.4, -0.2) is 4.98 Å². The SMILES string of the molecule is CC1(C)c2ccccc2-c2cc(N(c3ccccc3)c3ccc4c(ccc5c4oc4ccc6nc(-c7ccccc7)sc6c45)c3)ccc21. The molecule has 0 saturated heterocycles. The average molecular weight is 635 g/mol. The number of aromatic nitrogens is 1. The third-order valence-corrected chi connectivity index (χ3v) is 11.2. The number of fused-ring (bicyclic) bond motifs is 10. The molecule has 0 saturated carbocycles. The molecule has 228 valence electrons. The quantitative estimate of drug-likeness (QED) is 0.193. The summed E-state index contributed by atoms with van der Waals surface area (Å²) < 4.78 is 7.79. The van der Waals surface area contributed by atoms with Crippen LogP contribution in [0.25, 0.3) is 64.6 Å². The number of rotatable bonds is 4. The first-order chi connectivity index (χ1) is 23.5. The Hall–Kier alpha value is -5.71. The molecule has 0 radical (unpaired) electrons. The van der Waals surface area contributed by atoms with Crippen molar-refractivity contribution < 1.29 is 4.42 Å². The van der Waals surface area contributed by atoms with E-state index in [1.54, 1.807) is 11.3 Å². The zero-order valence-electron chi connectivity index (χ0n) is 26.6. The molecule has 1 aliphatic carbocycles. The van der Waals surface area contributed by atoms with Crippen LogP contribution in [0.2, 0.25) is 0 Å². The second-order valence-corrected chi connectivity index (χ2v) is 14.2. The minimum Gasteiger partial charge on any atom is -0.455 e. The summed E-state index contributed by atoms with van der Waals surface area (Å²) in [6.45, 7) is 4.66. The highest BCUT2D eigenvalue weighted by Gasteiger charge is 2.35. The highest BCUT2D eigenvalue weighted by atomic mass is 32.1. The van der Waals surface area contributed by atoms with E-state index in [1.807, 2.05) is 6.07 Å². The van der Waals surface area contributed by atoms with Gasteiger partial charge in [-0.1, -0.05) is 98.8 Å². The number of hydrogen-bond donors (Lipinski definition) is 0. The Morgan fingerprint density at radius 1 is 0.604 bits per heavy atom. The Morgan fingerprint density at radius 3 is 2.17 bits per heavy atom. The molecule has 2 aromatic heterocycles. The zero-order valence-corrected chi connectivity index (χ0v) is 27.4. The van der Waals surface area contributed by atoms with E-state index in [2.05, 4.69) is 158 Å². The van der Waals surface area contributed by atoms with Gasteiger partial charge in [0.25, 0.3) is 0 Å². The zero-order chi connectivity index (χ0) is 32.0. The topological polar surface area (TPSA) is 29.3 Å². The maximum Gasteiger partial charge on any atom is 0.143 e. The Kier molecular flexibility index (Phi) is 5.79. The number of benzene rings is 7. The summed E-state index contributed by atoms with van der Waals surface area (Å²) in [6.07, 6.45) is 0. The average Bonchev–Trinajstić information content (AvgIpc) is 3.80. The largest absolute Gasteiger partial charge is 0.455 e. The molecule has 0 spiro atoms. The van der Waals surface area contributed by atoms with Gasteiger partial charge < -0.3 is 9.32 Å². The van der Waals surface area contributed by atoms with Crippen LogP contribution in [0.4, 0.5) is 17.1 Å². The van der Waals surface area contributed by atoms with Crippen LogP contribution in [0.15, 0.2) is 150 Å². The molecule has 9 aromatic rings. The summed E-state index contributed by atoms with van der Waals surface area (Å²) in [7, 11) is 0. The number of anilines is 3.